The van der Waals surface area contributed by atoms with Crippen molar-refractivity contribution in [2.24, 2.45) is 5.10 Å². The minimum atomic E-state index is -0.482. The molecule has 1 atom stereocenters. The molecule has 0 radical (unpaired) electrons. The molecule has 4 heteroatoms. The Morgan fingerprint density at radius 3 is 2.08 bits per heavy atom. The number of hydrogen-bond donors (Lipinski definition) is 2. The van der Waals surface area contributed by atoms with Crippen LogP contribution < -0.4 is 10.7 Å². The van der Waals surface area contributed by atoms with Gasteiger partial charge >= 0.3 is 0 Å². The fourth-order valence-electron chi connectivity index (χ4n) is 2.60. The minimum Gasteiger partial charge on any atom is -0.298 e. The highest BCUT2D eigenvalue weighted by molar-refractivity contribution is 5.85. The highest BCUT2D eigenvalue weighted by Gasteiger charge is 2.19. The maximum absolute atomic E-state index is 12.7. The van der Waals surface area contributed by atoms with Gasteiger partial charge in [0.2, 0.25) is 0 Å². The summed E-state index contributed by atoms with van der Waals surface area (Å²) < 4.78 is 0. The van der Waals surface area contributed by atoms with Gasteiger partial charge in [-0.3, -0.25) is 10.1 Å². The largest absolute Gasteiger partial charge is 0.298 e. The highest BCUT2D eigenvalue weighted by atomic mass is 16.2. The molecule has 0 aliphatic heterocycles. The summed E-state index contributed by atoms with van der Waals surface area (Å²) in [4.78, 5) is 12.7. The molecule has 1 amide bonds. The maximum Gasteiger partial charge on any atom is 0.261 e. The molecule has 130 valence electrons. The molecule has 0 aliphatic carbocycles. The Bertz CT molecular complexity index is 833. The second kappa shape index (κ2) is 9.30. The number of nitrogens with one attached hydrogen (secondary N) is 2. The van der Waals surface area contributed by atoms with Gasteiger partial charge in [0, 0.05) is 6.54 Å². The molecule has 0 fully saturated rings. The summed E-state index contributed by atoms with van der Waals surface area (Å²) in [6.45, 7) is 0.593. The first-order valence-corrected chi connectivity index (χ1v) is 8.53. The second-order valence-corrected chi connectivity index (χ2v) is 5.86. The standard InChI is InChI=1S/C22H21N3O/c26-22(25-24-17-19-12-6-2-7-13-19)21(20-14-8-3-9-15-20)23-16-18-10-4-1-5-11-18/h1-15,17,21,23H,16H2,(H,25,26)/b24-17+. The summed E-state index contributed by atoms with van der Waals surface area (Å²) >= 11 is 0. The van der Waals surface area contributed by atoms with Crippen molar-refractivity contribution in [3.05, 3.63) is 108 Å². The molecule has 0 aliphatic rings. The van der Waals surface area contributed by atoms with Crippen LogP contribution in [0, 0.1) is 0 Å². The van der Waals surface area contributed by atoms with Crippen LogP contribution in [-0.4, -0.2) is 12.1 Å². The summed E-state index contributed by atoms with van der Waals surface area (Å²) in [6.07, 6.45) is 1.64. The summed E-state index contributed by atoms with van der Waals surface area (Å²) in [7, 11) is 0. The van der Waals surface area contributed by atoms with Crippen molar-refractivity contribution in [2.45, 2.75) is 12.6 Å². The van der Waals surface area contributed by atoms with Crippen molar-refractivity contribution < 1.29 is 4.79 Å². The van der Waals surface area contributed by atoms with E-state index in [0.29, 0.717) is 6.54 Å². The zero-order chi connectivity index (χ0) is 18.0. The number of hydrazone groups is 1. The molecule has 0 spiro atoms. The highest BCUT2D eigenvalue weighted by Crippen LogP contribution is 2.14. The van der Waals surface area contributed by atoms with Crippen molar-refractivity contribution in [1.82, 2.24) is 10.7 Å². The number of amides is 1. The molecular weight excluding hydrogens is 322 g/mol. The van der Waals surface area contributed by atoms with Crippen LogP contribution in [0.2, 0.25) is 0 Å². The third kappa shape index (κ3) is 5.13. The molecule has 0 aromatic heterocycles. The summed E-state index contributed by atoms with van der Waals surface area (Å²) in [5, 5.41) is 7.39. The van der Waals surface area contributed by atoms with E-state index in [1.165, 1.54) is 0 Å². The van der Waals surface area contributed by atoms with Gasteiger partial charge in [0.05, 0.1) is 6.21 Å². The van der Waals surface area contributed by atoms with Gasteiger partial charge in [-0.15, -0.1) is 0 Å². The van der Waals surface area contributed by atoms with E-state index in [1.54, 1.807) is 6.21 Å². The van der Waals surface area contributed by atoms with E-state index in [1.807, 2.05) is 91.0 Å². The number of benzene rings is 3. The molecule has 0 bridgehead atoms. The Hall–Kier alpha value is -3.24. The van der Waals surface area contributed by atoms with Crippen LogP contribution in [-0.2, 0) is 11.3 Å². The van der Waals surface area contributed by atoms with Gasteiger partial charge in [0.1, 0.15) is 6.04 Å². The number of rotatable bonds is 7. The Balaban J connectivity index is 1.68. The summed E-state index contributed by atoms with van der Waals surface area (Å²) in [5.74, 6) is -0.195. The van der Waals surface area contributed by atoms with E-state index < -0.39 is 6.04 Å². The molecule has 3 aromatic rings. The van der Waals surface area contributed by atoms with Crippen LogP contribution in [0.3, 0.4) is 0 Å². The lowest BCUT2D eigenvalue weighted by molar-refractivity contribution is -0.123. The summed E-state index contributed by atoms with van der Waals surface area (Å²) in [6, 6.07) is 28.8. The maximum atomic E-state index is 12.7. The Morgan fingerprint density at radius 2 is 1.42 bits per heavy atom. The van der Waals surface area contributed by atoms with Crippen LogP contribution >= 0.6 is 0 Å². The predicted molar refractivity (Wildman–Crippen MR) is 105 cm³/mol. The normalized spacial score (nSPS) is 12.0. The Morgan fingerprint density at radius 1 is 0.846 bits per heavy atom. The molecule has 3 rings (SSSR count). The average molecular weight is 343 g/mol. The number of carbonyl (C=O) groups excluding carboxylic acids is 1. The SMILES string of the molecule is O=C(N/N=C/c1ccccc1)C(NCc1ccccc1)c1ccccc1. The quantitative estimate of drug-likeness (QED) is 0.508. The Kier molecular flexibility index (Phi) is 6.29. The van der Waals surface area contributed by atoms with E-state index in [0.717, 1.165) is 16.7 Å². The molecule has 4 nitrogen and oxygen atoms in total. The molecule has 0 saturated carbocycles. The van der Waals surface area contributed by atoms with Gasteiger partial charge < -0.3 is 0 Å². The van der Waals surface area contributed by atoms with Crippen LogP contribution in [0.25, 0.3) is 0 Å². The fourth-order valence-corrected chi connectivity index (χ4v) is 2.60. The van der Waals surface area contributed by atoms with Crippen molar-refractivity contribution in [3.8, 4) is 0 Å². The second-order valence-electron chi connectivity index (χ2n) is 5.86. The van der Waals surface area contributed by atoms with Gasteiger partial charge in [0.15, 0.2) is 0 Å². The smallest absolute Gasteiger partial charge is 0.261 e. The average Bonchev–Trinajstić information content (AvgIpc) is 2.70. The van der Waals surface area contributed by atoms with E-state index in [2.05, 4.69) is 15.8 Å². The topological polar surface area (TPSA) is 53.5 Å². The molecule has 0 heterocycles. The fraction of sp³-hybridized carbons (Fsp3) is 0.0909. The van der Waals surface area contributed by atoms with E-state index in [9.17, 15) is 4.79 Å². The van der Waals surface area contributed by atoms with Crippen molar-refractivity contribution >= 4 is 12.1 Å². The molecule has 1 unspecified atom stereocenters. The van der Waals surface area contributed by atoms with E-state index in [4.69, 9.17) is 0 Å². The molecule has 3 aromatic carbocycles. The van der Waals surface area contributed by atoms with Gasteiger partial charge in [0.25, 0.3) is 5.91 Å². The Labute approximate surface area is 153 Å². The lowest BCUT2D eigenvalue weighted by Crippen LogP contribution is -2.35. The third-order valence-electron chi connectivity index (χ3n) is 3.94. The monoisotopic (exact) mass is 343 g/mol. The molecule has 2 N–H and O–H groups in total. The van der Waals surface area contributed by atoms with Gasteiger partial charge in [-0.25, -0.2) is 5.43 Å². The number of hydrogen-bond acceptors (Lipinski definition) is 3. The minimum absolute atomic E-state index is 0.195. The third-order valence-corrected chi connectivity index (χ3v) is 3.94. The molecule has 0 saturated heterocycles. The van der Waals surface area contributed by atoms with Crippen molar-refractivity contribution in [1.29, 1.82) is 0 Å². The van der Waals surface area contributed by atoms with Gasteiger partial charge in [-0.2, -0.15) is 5.10 Å². The first-order valence-electron chi connectivity index (χ1n) is 8.53. The predicted octanol–water partition coefficient (Wildman–Crippen LogP) is 3.67. The first-order chi connectivity index (χ1) is 12.8. The molecule has 26 heavy (non-hydrogen) atoms. The van der Waals surface area contributed by atoms with Gasteiger partial charge in [-0.1, -0.05) is 91.0 Å². The van der Waals surface area contributed by atoms with Crippen molar-refractivity contribution in [3.63, 3.8) is 0 Å². The zero-order valence-electron chi connectivity index (χ0n) is 14.4. The van der Waals surface area contributed by atoms with E-state index in [-0.39, 0.29) is 5.91 Å². The molecular formula is C22H21N3O. The van der Waals surface area contributed by atoms with Crippen LogP contribution in [0.1, 0.15) is 22.7 Å². The lowest BCUT2D eigenvalue weighted by atomic mass is 10.1. The van der Waals surface area contributed by atoms with Crippen molar-refractivity contribution in [2.75, 3.05) is 0 Å². The van der Waals surface area contributed by atoms with Gasteiger partial charge in [-0.05, 0) is 16.7 Å². The summed E-state index contributed by atoms with van der Waals surface area (Å²) in [5.41, 5.74) is 5.58. The number of nitrogens with zero attached hydrogens (tertiary/aromatic N) is 1. The lowest BCUT2D eigenvalue weighted by Gasteiger charge is -2.17. The number of carbonyl (C=O) groups is 1. The van der Waals surface area contributed by atoms with Crippen LogP contribution in [0.5, 0.6) is 0 Å². The van der Waals surface area contributed by atoms with E-state index >= 15 is 0 Å². The zero-order valence-corrected chi connectivity index (χ0v) is 14.4. The first kappa shape index (κ1) is 17.6. The van der Waals surface area contributed by atoms with Crippen LogP contribution in [0.4, 0.5) is 0 Å². The van der Waals surface area contributed by atoms with Crippen LogP contribution in [0.15, 0.2) is 96.1 Å².